The largest absolute Gasteiger partial charge is 0.392 e. The molecule has 1 aliphatic rings. The lowest BCUT2D eigenvalue weighted by atomic mass is 10.1. The lowest BCUT2D eigenvalue weighted by Gasteiger charge is -2.34. The summed E-state index contributed by atoms with van der Waals surface area (Å²) < 4.78 is 43.4. The predicted molar refractivity (Wildman–Crippen MR) is 95.3 cm³/mol. The van der Waals surface area contributed by atoms with Crippen LogP contribution in [0.2, 0.25) is 0 Å². The number of benzene rings is 1. The predicted octanol–water partition coefficient (Wildman–Crippen LogP) is 1.95. The molecule has 152 valence electrons. The van der Waals surface area contributed by atoms with Crippen molar-refractivity contribution in [2.75, 3.05) is 0 Å². The highest BCUT2D eigenvalue weighted by molar-refractivity contribution is 5.79. The van der Waals surface area contributed by atoms with E-state index < -0.39 is 17.5 Å². The van der Waals surface area contributed by atoms with Crippen molar-refractivity contribution in [2.24, 2.45) is 0 Å². The smallest absolute Gasteiger partial charge is 0.227 e. The SMILES string of the molecule is C[C@H]1Cn2ncc(-n3cc(CO)cn3)c2CN1C(=O)Cc1cc(F)c(F)c(F)c1. The van der Waals surface area contributed by atoms with Gasteiger partial charge in [-0.2, -0.15) is 10.2 Å². The number of amides is 1. The van der Waals surface area contributed by atoms with E-state index in [2.05, 4.69) is 10.2 Å². The van der Waals surface area contributed by atoms with Gasteiger partial charge < -0.3 is 10.0 Å². The molecule has 0 aliphatic carbocycles. The molecule has 1 aliphatic heterocycles. The second-order valence-corrected chi connectivity index (χ2v) is 7.03. The first-order valence-corrected chi connectivity index (χ1v) is 8.99. The Labute approximate surface area is 164 Å². The minimum absolute atomic E-state index is 0.0672. The molecule has 0 spiro atoms. The minimum atomic E-state index is -1.55. The standard InChI is InChI=1S/C19H18F3N5O2/c1-11-7-26-17(16(6-24-26)27-8-13(10-28)5-23-27)9-25(11)18(29)4-12-2-14(20)19(22)15(21)3-12/h2-3,5-6,8,11,28H,4,7,9-10H2,1H3/t11-/m0/s1. The molecule has 0 bridgehead atoms. The van der Waals surface area contributed by atoms with Crippen LogP contribution in [0.4, 0.5) is 13.2 Å². The molecule has 0 radical (unpaired) electrons. The average molecular weight is 405 g/mol. The number of hydrogen-bond donors (Lipinski definition) is 1. The average Bonchev–Trinajstić information content (AvgIpc) is 3.31. The van der Waals surface area contributed by atoms with Gasteiger partial charge in [-0.25, -0.2) is 17.9 Å². The molecule has 10 heteroatoms. The van der Waals surface area contributed by atoms with Crippen LogP contribution < -0.4 is 0 Å². The van der Waals surface area contributed by atoms with Crippen molar-refractivity contribution in [1.29, 1.82) is 0 Å². The van der Waals surface area contributed by atoms with Crippen molar-refractivity contribution in [3.63, 3.8) is 0 Å². The van der Waals surface area contributed by atoms with Crippen molar-refractivity contribution in [1.82, 2.24) is 24.5 Å². The molecule has 7 nitrogen and oxygen atoms in total. The van der Waals surface area contributed by atoms with Crippen LogP contribution in [0.15, 0.2) is 30.7 Å². The van der Waals surface area contributed by atoms with Crippen molar-refractivity contribution in [2.45, 2.75) is 39.1 Å². The van der Waals surface area contributed by atoms with Gasteiger partial charge in [0.05, 0.1) is 44.2 Å². The molecule has 0 fully saturated rings. The monoisotopic (exact) mass is 405 g/mol. The van der Waals surface area contributed by atoms with Crippen LogP contribution in [0.5, 0.6) is 0 Å². The van der Waals surface area contributed by atoms with Gasteiger partial charge in [-0.3, -0.25) is 9.48 Å². The number of rotatable bonds is 4. The highest BCUT2D eigenvalue weighted by Gasteiger charge is 2.30. The van der Waals surface area contributed by atoms with E-state index in [0.29, 0.717) is 17.8 Å². The van der Waals surface area contributed by atoms with Crippen molar-refractivity contribution in [3.05, 3.63) is 65.0 Å². The maximum atomic E-state index is 13.5. The second-order valence-electron chi connectivity index (χ2n) is 7.03. The van der Waals surface area contributed by atoms with Crippen molar-refractivity contribution >= 4 is 5.91 Å². The van der Waals surface area contributed by atoms with Crippen LogP contribution in [0.3, 0.4) is 0 Å². The van der Waals surface area contributed by atoms with Gasteiger partial charge in [0, 0.05) is 17.8 Å². The minimum Gasteiger partial charge on any atom is -0.392 e. The van der Waals surface area contributed by atoms with Gasteiger partial charge in [-0.05, 0) is 24.6 Å². The fraction of sp³-hybridized carbons (Fsp3) is 0.316. The molecule has 0 saturated heterocycles. The van der Waals surface area contributed by atoms with Gasteiger partial charge in [0.25, 0.3) is 0 Å². The Balaban J connectivity index is 1.58. The van der Waals surface area contributed by atoms with Gasteiger partial charge in [-0.1, -0.05) is 0 Å². The molecular weight excluding hydrogens is 387 g/mol. The maximum Gasteiger partial charge on any atom is 0.227 e. The Bertz CT molecular complexity index is 1050. The van der Waals surface area contributed by atoms with Crippen LogP contribution in [0.1, 0.15) is 23.7 Å². The van der Waals surface area contributed by atoms with Crippen LogP contribution >= 0.6 is 0 Å². The zero-order valence-electron chi connectivity index (χ0n) is 15.5. The Hall–Kier alpha value is -3.14. The lowest BCUT2D eigenvalue weighted by molar-refractivity contribution is -0.134. The van der Waals surface area contributed by atoms with E-state index in [9.17, 15) is 23.1 Å². The summed E-state index contributed by atoms with van der Waals surface area (Å²) in [6, 6.07) is 1.48. The molecule has 4 rings (SSSR count). The first-order chi connectivity index (χ1) is 13.9. The number of nitrogens with zero attached hydrogens (tertiary/aromatic N) is 5. The zero-order chi connectivity index (χ0) is 20.7. The summed E-state index contributed by atoms with van der Waals surface area (Å²) >= 11 is 0. The zero-order valence-corrected chi connectivity index (χ0v) is 15.5. The van der Waals surface area contributed by atoms with Crippen LogP contribution in [0.25, 0.3) is 5.69 Å². The fourth-order valence-corrected chi connectivity index (χ4v) is 3.47. The van der Waals surface area contributed by atoms with E-state index >= 15 is 0 Å². The van der Waals surface area contributed by atoms with Crippen LogP contribution in [0, 0.1) is 17.5 Å². The summed E-state index contributed by atoms with van der Waals surface area (Å²) in [4.78, 5) is 14.4. The van der Waals surface area contributed by atoms with Gasteiger partial charge >= 0.3 is 0 Å². The third-order valence-electron chi connectivity index (χ3n) is 5.00. The highest BCUT2D eigenvalue weighted by atomic mass is 19.2. The third-order valence-corrected chi connectivity index (χ3v) is 5.00. The van der Waals surface area contributed by atoms with Crippen LogP contribution in [-0.2, 0) is 30.9 Å². The van der Waals surface area contributed by atoms with E-state index in [4.69, 9.17) is 0 Å². The number of aliphatic hydroxyl groups is 1. The highest BCUT2D eigenvalue weighted by Crippen LogP contribution is 2.24. The Morgan fingerprint density at radius 3 is 2.55 bits per heavy atom. The number of halogens is 3. The summed E-state index contributed by atoms with van der Waals surface area (Å²) in [5.74, 6) is -4.53. The third kappa shape index (κ3) is 3.51. The number of fused-ring (bicyclic) bond motifs is 1. The van der Waals surface area contributed by atoms with E-state index in [1.165, 1.54) is 6.20 Å². The number of carbonyl (C=O) groups is 1. The Kier molecular flexibility index (Phi) is 4.87. The number of hydrogen-bond acceptors (Lipinski definition) is 4. The van der Waals surface area contributed by atoms with Crippen molar-refractivity contribution in [3.8, 4) is 5.69 Å². The van der Waals surface area contributed by atoms with Gasteiger partial charge in [0.2, 0.25) is 5.91 Å². The van der Waals surface area contributed by atoms with Gasteiger partial charge in [-0.15, -0.1) is 0 Å². The maximum absolute atomic E-state index is 13.5. The van der Waals surface area contributed by atoms with E-state index in [1.54, 1.807) is 26.7 Å². The van der Waals surface area contributed by atoms with Crippen molar-refractivity contribution < 1.29 is 23.1 Å². The molecule has 3 aromatic rings. The lowest BCUT2D eigenvalue weighted by Crippen LogP contribution is -2.45. The van der Waals surface area contributed by atoms with E-state index in [1.807, 2.05) is 6.92 Å². The molecule has 1 atom stereocenters. The van der Waals surface area contributed by atoms with Crippen LogP contribution in [-0.4, -0.2) is 41.5 Å². The number of aliphatic hydroxyl groups excluding tert-OH is 1. The first kappa shape index (κ1) is 19.2. The topological polar surface area (TPSA) is 76.2 Å². The summed E-state index contributed by atoms with van der Waals surface area (Å²) in [5, 5.41) is 17.8. The normalized spacial score (nSPS) is 16.2. The van der Waals surface area contributed by atoms with Gasteiger partial charge in [0.15, 0.2) is 17.5 Å². The molecule has 0 unspecified atom stereocenters. The molecule has 1 aromatic carbocycles. The Morgan fingerprint density at radius 1 is 1.17 bits per heavy atom. The first-order valence-electron chi connectivity index (χ1n) is 8.99. The van der Waals surface area contributed by atoms with E-state index in [-0.39, 0.29) is 37.1 Å². The molecule has 1 N–H and O–H groups in total. The number of carbonyl (C=O) groups excluding carboxylic acids is 1. The molecule has 29 heavy (non-hydrogen) atoms. The molecule has 3 heterocycles. The Morgan fingerprint density at radius 2 is 1.90 bits per heavy atom. The number of aromatic nitrogens is 4. The molecular formula is C19H18F3N5O2. The summed E-state index contributed by atoms with van der Waals surface area (Å²) in [6.45, 7) is 2.39. The summed E-state index contributed by atoms with van der Waals surface area (Å²) in [6.07, 6.45) is 4.59. The quantitative estimate of drug-likeness (QED) is 0.674. The van der Waals surface area contributed by atoms with Gasteiger partial charge in [0.1, 0.15) is 5.69 Å². The molecule has 0 saturated carbocycles. The summed E-state index contributed by atoms with van der Waals surface area (Å²) in [5.41, 5.74) is 2.13. The van der Waals surface area contributed by atoms with E-state index in [0.717, 1.165) is 17.8 Å². The second kappa shape index (κ2) is 7.36. The molecule has 1 amide bonds. The summed E-state index contributed by atoms with van der Waals surface area (Å²) in [7, 11) is 0. The molecule has 2 aromatic heterocycles. The fourth-order valence-electron chi connectivity index (χ4n) is 3.47.